The molecule has 2 heterocycles. The van der Waals surface area contributed by atoms with Crippen molar-refractivity contribution in [3.8, 4) is 23.3 Å². The van der Waals surface area contributed by atoms with Gasteiger partial charge in [0.15, 0.2) is 0 Å². The smallest absolute Gasteiger partial charge is 0.286 e. The molecule has 2 aliphatic rings. The van der Waals surface area contributed by atoms with Crippen LogP contribution in [0.15, 0.2) is 36.4 Å². The Morgan fingerprint density at radius 2 is 2.12 bits per heavy atom. The van der Waals surface area contributed by atoms with Crippen LogP contribution in [0.25, 0.3) is 0 Å². The number of rotatable bonds is 3. The second-order valence-electron chi connectivity index (χ2n) is 6.13. The number of amides is 2. The number of ether oxygens (including phenoxy) is 2. The van der Waals surface area contributed by atoms with E-state index in [1.54, 1.807) is 24.3 Å². The van der Waals surface area contributed by atoms with Crippen molar-refractivity contribution in [2.45, 2.75) is 18.1 Å². The number of thioether (sulfide) groups is 1. The summed E-state index contributed by atoms with van der Waals surface area (Å²) in [6, 6.07) is 12.8. The SMILES string of the molecule is Cc1cc(C#N)ccc1Oc1ccc2c(c1)OC[C@H]2C1SC(=O)NC1=O. The molecule has 4 rings (SSSR count). The number of carbonyl (C=O) groups is 2. The number of nitrogens with one attached hydrogen (secondary N) is 1. The number of hydrogen-bond acceptors (Lipinski definition) is 6. The Labute approximate surface area is 154 Å². The Morgan fingerprint density at radius 3 is 2.81 bits per heavy atom. The minimum absolute atomic E-state index is 0.160. The zero-order valence-corrected chi connectivity index (χ0v) is 14.6. The summed E-state index contributed by atoms with van der Waals surface area (Å²) in [6.07, 6.45) is 0. The van der Waals surface area contributed by atoms with Gasteiger partial charge in [-0.05, 0) is 36.8 Å². The van der Waals surface area contributed by atoms with Gasteiger partial charge in [-0.1, -0.05) is 17.8 Å². The molecule has 0 aliphatic carbocycles. The second kappa shape index (κ2) is 6.39. The van der Waals surface area contributed by atoms with Crippen LogP contribution in [-0.4, -0.2) is 23.0 Å². The summed E-state index contributed by atoms with van der Waals surface area (Å²) < 4.78 is 11.6. The average Bonchev–Trinajstić information content (AvgIpc) is 3.18. The summed E-state index contributed by atoms with van der Waals surface area (Å²) >= 11 is 1.01. The quantitative estimate of drug-likeness (QED) is 0.895. The Balaban J connectivity index is 1.56. The highest BCUT2D eigenvalue weighted by Crippen LogP contribution is 2.43. The molecular weight excluding hydrogens is 352 g/mol. The van der Waals surface area contributed by atoms with Gasteiger partial charge in [0.05, 0.1) is 18.2 Å². The van der Waals surface area contributed by atoms with Crippen LogP contribution in [-0.2, 0) is 4.79 Å². The molecule has 0 radical (unpaired) electrons. The Hall–Kier alpha value is -2.98. The molecule has 6 nitrogen and oxygen atoms in total. The molecule has 26 heavy (non-hydrogen) atoms. The molecule has 0 aromatic heterocycles. The van der Waals surface area contributed by atoms with Crippen molar-refractivity contribution >= 4 is 22.9 Å². The molecule has 2 aromatic rings. The molecule has 1 unspecified atom stereocenters. The molecular formula is C19H14N2O4S. The van der Waals surface area contributed by atoms with Gasteiger partial charge in [0.1, 0.15) is 22.5 Å². The van der Waals surface area contributed by atoms with E-state index in [1.165, 1.54) is 0 Å². The fraction of sp³-hybridized carbons (Fsp3) is 0.211. The zero-order valence-electron chi connectivity index (χ0n) is 13.8. The number of fused-ring (bicyclic) bond motifs is 1. The molecule has 0 bridgehead atoms. The van der Waals surface area contributed by atoms with Gasteiger partial charge in [0, 0.05) is 17.5 Å². The van der Waals surface area contributed by atoms with Gasteiger partial charge in [-0.25, -0.2) is 0 Å². The third-order valence-corrected chi connectivity index (χ3v) is 5.53. The van der Waals surface area contributed by atoms with Gasteiger partial charge in [0.25, 0.3) is 5.24 Å². The maximum absolute atomic E-state index is 11.9. The first kappa shape index (κ1) is 16.5. The summed E-state index contributed by atoms with van der Waals surface area (Å²) in [6.45, 7) is 2.23. The topological polar surface area (TPSA) is 88.4 Å². The highest BCUT2D eigenvalue weighted by Gasteiger charge is 2.42. The zero-order chi connectivity index (χ0) is 18.3. The molecule has 130 valence electrons. The molecule has 0 spiro atoms. The van der Waals surface area contributed by atoms with Crippen molar-refractivity contribution in [1.29, 1.82) is 5.26 Å². The van der Waals surface area contributed by atoms with Crippen LogP contribution in [0.4, 0.5) is 4.79 Å². The molecule has 1 fully saturated rings. The van der Waals surface area contributed by atoms with E-state index in [2.05, 4.69) is 11.4 Å². The van der Waals surface area contributed by atoms with E-state index < -0.39 is 5.25 Å². The predicted molar refractivity (Wildman–Crippen MR) is 95.6 cm³/mol. The largest absolute Gasteiger partial charge is 0.492 e. The van der Waals surface area contributed by atoms with E-state index in [-0.39, 0.29) is 17.1 Å². The third-order valence-electron chi connectivity index (χ3n) is 4.42. The number of imide groups is 1. The summed E-state index contributed by atoms with van der Waals surface area (Å²) in [7, 11) is 0. The van der Waals surface area contributed by atoms with E-state index in [0.29, 0.717) is 29.4 Å². The molecule has 2 aliphatic heterocycles. The van der Waals surface area contributed by atoms with Gasteiger partial charge in [0.2, 0.25) is 5.91 Å². The van der Waals surface area contributed by atoms with Gasteiger partial charge in [-0.3, -0.25) is 14.9 Å². The summed E-state index contributed by atoms with van der Waals surface area (Å²) in [4.78, 5) is 23.3. The number of nitriles is 1. The van der Waals surface area contributed by atoms with Crippen LogP contribution in [0.5, 0.6) is 17.2 Å². The number of aryl methyl sites for hydroxylation is 1. The van der Waals surface area contributed by atoms with Crippen LogP contribution < -0.4 is 14.8 Å². The highest BCUT2D eigenvalue weighted by atomic mass is 32.2. The molecule has 1 N–H and O–H groups in total. The van der Waals surface area contributed by atoms with Gasteiger partial charge in [-0.15, -0.1) is 0 Å². The van der Waals surface area contributed by atoms with Gasteiger partial charge >= 0.3 is 0 Å². The summed E-state index contributed by atoms with van der Waals surface area (Å²) in [5, 5.41) is 10.5. The predicted octanol–water partition coefficient (Wildman–Crippen LogP) is 3.49. The lowest BCUT2D eigenvalue weighted by atomic mass is 9.97. The van der Waals surface area contributed by atoms with Crippen LogP contribution in [0.1, 0.15) is 22.6 Å². The molecule has 0 saturated carbocycles. The Morgan fingerprint density at radius 1 is 1.27 bits per heavy atom. The minimum atomic E-state index is -0.462. The standard InChI is InChI=1S/C19H14N2O4S/c1-10-6-11(8-20)2-5-15(10)25-12-3-4-13-14(9-24-16(13)7-12)17-18(22)21-19(23)26-17/h2-7,14,17H,9H2,1H3,(H,21,22,23)/t14-,17?/m1/s1. The van der Waals surface area contributed by atoms with Crippen molar-refractivity contribution in [3.63, 3.8) is 0 Å². The van der Waals surface area contributed by atoms with Crippen molar-refractivity contribution in [2.24, 2.45) is 0 Å². The average molecular weight is 366 g/mol. The van der Waals surface area contributed by atoms with E-state index in [4.69, 9.17) is 14.7 Å². The van der Waals surface area contributed by atoms with Crippen LogP contribution in [0.3, 0.4) is 0 Å². The van der Waals surface area contributed by atoms with E-state index in [1.807, 2.05) is 19.1 Å². The van der Waals surface area contributed by atoms with Crippen molar-refractivity contribution < 1.29 is 19.1 Å². The van der Waals surface area contributed by atoms with Crippen LogP contribution in [0, 0.1) is 18.3 Å². The van der Waals surface area contributed by atoms with Gasteiger partial charge < -0.3 is 9.47 Å². The fourth-order valence-corrected chi connectivity index (χ4v) is 4.07. The van der Waals surface area contributed by atoms with E-state index >= 15 is 0 Å². The number of carbonyl (C=O) groups excluding carboxylic acids is 2. The molecule has 2 atom stereocenters. The number of nitrogens with zero attached hydrogens (tertiary/aromatic N) is 1. The fourth-order valence-electron chi connectivity index (χ4n) is 3.12. The first-order valence-electron chi connectivity index (χ1n) is 8.02. The van der Waals surface area contributed by atoms with Crippen LogP contribution in [0.2, 0.25) is 0 Å². The summed E-state index contributed by atoms with van der Waals surface area (Å²) in [5.41, 5.74) is 2.34. The molecule has 2 aromatic carbocycles. The first-order valence-corrected chi connectivity index (χ1v) is 8.90. The van der Waals surface area contributed by atoms with Crippen molar-refractivity contribution in [3.05, 3.63) is 53.1 Å². The normalized spacial score (nSPS) is 20.9. The van der Waals surface area contributed by atoms with Crippen LogP contribution >= 0.6 is 11.8 Å². The lowest BCUT2D eigenvalue weighted by Crippen LogP contribution is -2.29. The maximum atomic E-state index is 11.9. The van der Waals surface area contributed by atoms with E-state index in [0.717, 1.165) is 22.9 Å². The number of hydrogen-bond donors (Lipinski definition) is 1. The van der Waals surface area contributed by atoms with Gasteiger partial charge in [-0.2, -0.15) is 5.26 Å². The summed E-state index contributed by atoms with van der Waals surface area (Å²) in [5.74, 6) is 1.50. The minimum Gasteiger partial charge on any atom is -0.492 e. The van der Waals surface area contributed by atoms with E-state index in [9.17, 15) is 9.59 Å². The van der Waals surface area contributed by atoms with Crippen molar-refractivity contribution in [2.75, 3.05) is 6.61 Å². The lowest BCUT2D eigenvalue weighted by molar-refractivity contribution is -0.119. The molecule has 2 amide bonds. The number of benzene rings is 2. The monoisotopic (exact) mass is 366 g/mol. The highest BCUT2D eigenvalue weighted by molar-refractivity contribution is 8.15. The Kier molecular flexibility index (Phi) is 4.05. The Bertz CT molecular complexity index is 966. The second-order valence-corrected chi connectivity index (χ2v) is 7.24. The van der Waals surface area contributed by atoms with Crippen molar-refractivity contribution in [1.82, 2.24) is 5.32 Å². The lowest BCUT2D eigenvalue weighted by Gasteiger charge is -2.13. The molecule has 1 saturated heterocycles. The maximum Gasteiger partial charge on any atom is 0.286 e. The first-order chi connectivity index (χ1) is 12.5. The molecule has 7 heteroatoms. The third kappa shape index (κ3) is 2.89.